The van der Waals surface area contributed by atoms with Crippen molar-refractivity contribution in [2.24, 2.45) is 0 Å². The van der Waals surface area contributed by atoms with E-state index in [2.05, 4.69) is 5.32 Å². The number of likely N-dealkylation sites (N-methyl/N-ethyl adjacent to an activating group) is 1. The van der Waals surface area contributed by atoms with E-state index in [1.54, 1.807) is 7.11 Å². The largest absolute Gasteiger partial charge is 0.493 e. The molecule has 2 N–H and O–H groups in total. The molecule has 120 valence electrons. The minimum absolute atomic E-state index is 0.507. The highest BCUT2D eigenvalue weighted by atomic mass is 16.5. The molecule has 0 saturated heterocycles. The lowest BCUT2D eigenvalue weighted by Gasteiger charge is -2.27. The van der Waals surface area contributed by atoms with Crippen LogP contribution in [0, 0.1) is 0 Å². The predicted octanol–water partition coefficient (Wildman–Crippen LogP) is 1.50. The number of rotatable bonds is 9. The number of benzene rings is 1. The van der Waals surface area contributed by atoms with E-state index in [0.717, 1.165) is 17.1 Å². The van der Waals surface area contributed by atoms with Gasteiger partial charge in [0.2, 0.25) is 0 Å². The number of nitrogens with one attached hydrogen (secondary N) is 1. The maximum absolute atomic E-state index is 10.3. The summed E-state index contributed by atoms with van der Waals surface area (Å²) in [6.45, 7) is 6.11. The summed E-state index contributed by atoms with van der Waals surface area (Å²) < 4.78 is 11.0. The molecule has 0 bridgehead atoms. The van der Waals surface area contributed by atoms with Crippen LogP contribution in [0.15, 0.2) is 18.2 Å². The number of ether oxygens (including phenoxy) is 2. The summed E-state index contributed by atoms with van der Waals surface area (Å²) in [6.07, 6.45) is 0. The smallest absolute Gasteiger partial charge is 0.165 e. The van der Waals surface area contributed by atoms with Gasteiger partial charge in [-0.2, -0.15) is 0 Å². The van der Waals surface area contributed by atoms with Crippen LogP contribution in [0.1, 0.15) is 19.4 Å². The first-order chi connectivity index (χ1) is 9.89. The molecule has 0 aliphatic heterocycles. The Morgan fingerprint density at radius 3 is 2.62 bits per heavy atom. The number of hydrogen-bond donors (Lipinski definition) is 2. The Labute approximate surface area is 127 Å². The zero-order valence-corrected chi connectivity index (χ0v) is 13.8. The van der Waals surface area contributed by atoms with Crippen molar-refractivity contribution in [1.29, 1.82) is 0 Å². The zero-order valence-electron chi connectivity index (χ0n) is 13.8. The van der Waals surface area contributed by atoms with Gasteiger partial charge in [-0.3, -0.25) is 0 Å². The third kappa shape index (κ3) is 5.91. The molecular weight excluding hydrogens is 268 g/mol. The van der Waals surface area contributed by atoms with E-state index < -0.39 is 5.60 Å². The van der Waals surface area contributed by atoms with Crippen molar-refractivity contribution in [1.82, 2.24) is 10.2 Å². The molecule has 0 heterocycles. The molecule has 0 radical (unpaired) electrons. The Hall–Kier alpha value is -1.30. The molecule has 1 unspecified atom stereocenters. The lowest BCUT2D eigenvalue weighted by atomic mass is 10.1. The fourth-order valence-corrected chi connectivity index (χ4v) is 2.40. The molecule has 1 aromatic rings. The molecule has 1 atom stereocenters. The second kappa shape index (κ2) is 8.22. The SMILES string of the molecule is CCOc1cccc(CNCC(C)(O)CN(C)C)c1OC. The van der Waals surface area contributed by atoms with Gasteiger partial charge in [0.15, 0.2) is 11.5 Å². The van der Waals surface area contributed by atoms with Crippen LogP contribution in [0.2, 0.25) is 0 Å². The van der Waals surface area contributed by atoms with Gasteiger partial charge in [0, 0.05) is 25.2 Å². The Balaban J connectivity index is 2.65. The number of hydrogen-bond acceptors (Lipinski definition) is 5. The lowest BCUT2D eigenvalue weighted by Crippen LogP contribution is -2.45. The number of nitrogens with zero attached hydrogens (tertiary/aromatic N) is 1. The summed E-state index contributed by atoms with van der Waals surface area (Å²) >= 11 is 0. The van der Waals surface area contributed by atoms with Crippen LogP contribution in [-0.4, -0.2) is 56.5 Å². The molecule has 1 rings (SSSR count). The average Bonchev–Trinajstić information content (AvgIpc) is 2.37. The van der Waals surface area contributed by atoms with Gasteiger partial charge < -0.3 is 24.8 Å². The van der Waals surface area contributed by atoms with E-state index in [1.165, 1.54) is 0 Å². The lowest BCUT2D eigenvalue weighted by molar-refractivity contribution is 0.0335. The third-order valence-corrected chi connectivity index (χ3v) is 3.04. The highest BCUT2D eigenvalue weighted by molar-refractivity contribution is 5.46. The minimum Gasteiger partial charge on any atom is -0.493 e. The van der Waals surface area contributed by atoms with Gasteiger partial charge in [0.25, 0.3) is 0 Å². The van der Waals surface area contributed by atoms with Crippen LogP contribution in [-0.2, 0) is 6.54 Å². The predicted molar refractivity (Wildman–Crippen MR) is 85.0 cm³/mol. The van der Waals surface area contributed by atoms with Gasteiger partial charge in [-0.15, -0.1) is 0 Å². The highest BCUT2D eigenvalue weighted by Gasteiger charge is 2.21. The highest BCUT2D eigenvalue weighted by Crippen LogP contribution is 2.30. The first-order valence-electron chi connectivity index (χ1n) is 7.26. The number of methoxy groups -OCH3 is 1. The van der Waals surface area contributed by atoms with Crippen molar-refractivity contribution in [2.45, 2.75) is 26.0 Å². The normalized spacial score (nSPS) is 14.0. The van der Waals surface area contributed by atoms with Gasteiger partial charge in [-0.05, 0) is 34.0 Å². The Morgan fingerprint density at radius 1 is 1.33 bits per heavy atom. The van der Waals surface area contributed by atoms with Crippen LogP contribution in [0.25, 0.3) is 0 Å². The molecule has 0 aromatic heterocycles. The molecule has 0 aliphatic rings. The topological polar surface area (TPSA) is 54.0 Å². The van der Waals surface area contributed by atoms with Crippen molar-refractivity contribution in [2.75, 3.05) is 40.9 Å². The van der Waals surface area contributed by atoms with Crippen LogP contribution < -0.4 is 14.8 Å². The van der Waals surface area contributed by atoms with Crippen molar-refractivity contribution < 1.29 is 14.6 Å². The number of para-hydroxylation sites is 1. The van der Waals surface area contributed by atoms with E-state index in [-0.39, 0.29) is 0 Å². The van der Waals surface area contributed by atoms with Crippen LogP contribution >= 0.6 is 0 Å². The van der Waals surface area contributed by atoms with Crippen LogP contribution in [0.3, 0.4) is 0 Å². The van der Waals surface area contributed by atoms with E-state index in [9.17, 15) is 5.11 Å². The summed E-state index contributed by atoms with van der Waals surface area (Å²) in [5.41, 5.74) is 0.248. The molecule has 0 amide bonds. The standard InChI is InChI=1S/C16H28N2O3/c1-6-21-14-9-7-8-13(15(14)20-5)10-17-11-16(2,19)12-18(3)4/h7-9,17,19H,6,10-12H2,1-5H3. The Bertz CT molecular complexity index is 434. The maximum atomic E-state index is 10.3. The molecule has 0 spiro atoms. The number of aliphatic hydroxyl groups is 1. The molecule has 5 nitrogen and oxygen atoms in total. The maximum Gasteiger partial charge on any atom is 0.165 e. The van der Waals surface area contributed by atoms with Gasteiger partial charge in [-0.25, -0.2) is 0 Å². The molecule has 21 heavy (non-hydrogen) atoms. The fourth-order valence-electron chi connectivity index (χ4n) is 2.40. The molecule has 0 fully saturated rings. The molecule has 5 heteroatoms. The Morgan fingerprint density at radius 2 is 2.05 bits per heavy atom. The first kappa shape index (κ1) is 17.8. The van der Waals surface area contributed by atoms with Crippen molar-refractivity contribution >= 4 is 0 Å². The van der Waals surface area contributed by atoms with E-state index in [1.807, 2.05) is 51.0 Å². The molecule has 1 aromatic carbocycles. The third-order valence-electron chi connectivity index (χ3n) is 3.04. The summed E-state index contributed by atoms with van der Waals surface area (Å²) in [5, 5.41) is 13.5. The van der Waals surface area contributed by atoms with E-state index in [4.69, 9.17) is 9.47 Å². The van der Waals surface area contributed by atoms with Crippen molar-refractivity contribution in [3.8, 4) is 11.5 Å². The fraction of sp³-hybridized carbons (Fsp3) is 0.625. The van der Waals surface area contributed by atoms with Gasteiger partial charge in [0.1, 0.15) is 0 Å². The first-order valence-corrected chi connectivity index (χ1v) is 7.26. The summed E-state index contributed by atoms with van der Waals surface area (Å²) in [5.74, 6) is 1.50. The molecular formula is C16H28N2O3. The monoisotopic (exact) mass is 296 g/mol. The molecule has 0 saturated carbocycles. The summed E-state index contributed by atoms with van der Waals surface area (Å²) in [4.78, 5) is 1.97. The second-order valence-corrected chi connectivity index (χ2v) is 5.72. The molecule has 0 aliphatic carbocycles. The van der Waals surface area contributed by atoms with Gasteiger partial charge >= 0.3 is 0 Å². The van der Waals surface area contributed by atoms with E-state index in [0.29, 0.717) is 26.2 Å². The summed E-state index contributed by atoms with van der Waals surface area (Å²) in [7, 11) is 5.54. The quantitative estimate of drug-likeness (QED) is 0.723. The zero-order chi connectivity index (χ0) is 15.9. The van der Waals surface area contributed by atoms with Crippen molar-refractivity contribution in [3.05, 3.63) is 23.8 Å². The van der Waals surface area contributed by atoms with Crippen molar-refractivity contribution in [3.63, 3.8) is 0 Å². The average molecular weight is 296 g/mol. The van der Waals surface area contributed by atoms with Crippen LogP contribution in [0.4, 0.5) is 0 Å². The van der Waals surface area contributed by atoms with Crippen LogP contribution in [0.5, 0.6) is 11.5 Å². The second-order valence-electron chi connectivity index (χ2n) is 5.72. The Kier molecular flexibility index (Phi) is 6.95. The van der Waals surface area contributed by atoms with E-state index >= 15 is 0 Å². The van der Waals surface area contributed by atoms with Gasteiger partial charge in [-0.1, -0.05) is 12.1 Å². The summed E-state index contributed by atoms with van der Waals surface area (Å²) in [6, 6.07) is 5.84. The minimum atomic E-state index is -0.770. The van der Waals surface area contributed by atoms with Gasteiger partial charge in [0.05, 0.1) is 19.3 Å².